The smallest absolute Gasteiger partial charge is 0.238 e. The van der Waals surface area contributed by atoms with Crippen molar-refractivity contribution in [2.75, 3.05) is 19.3 Å². The Labute approximate surface area is 123 Å². The van der Waals surface area contributed by atoms with Gasteiger partial charge in [-0.3, -0.25) is 10.1 Å². The second-order valence-corrected chi connectivity index (χ2v) is 6.47. The van der Waals surface area contributed by atoms with Crippen molar-refractivity contribution < 1.29 is 4.79 Å². The zero-order valence-electron chi connectivity index (χ0n) is 11.2. The van der Waals surface area contributed by atoms with Crippen LogP contribution in [0.15, 0.2) is 24.3 Å². The molecule has 1 amide bonds. The number of nitrogens with one attached hydrogen (secondary N) is 1. The lowest BCUT2D eigenvalue weighted by atomic mass is 10.1. The van der Waals surface area contributed by atoms with E-state index in [1.807, 2.05) is 40.9 Å². The molecule has 3 nitrogen and oxygen atoms in total. The highest BCUT2D eigenvalue weighted by Crippen LogP contribution is 2.25. The van der Waals surface area contributed by atoms with Crippen molar-refractivity contribution in [3.8, 4) is 0 Å². The Hall–Kier alpha value is -0.710. The minimum absolute atomic E-state index is 0.0414. The number of nitrogens with zero attached hydrogens (tertiary/aromatic N) is 1. The van der Waals surface area contributed by atoms with Gasteiger partial charge in [-0.2, -0.15) is 11.8 Å². The van der Waals surface area contributed by atoms with Gasteiger partial charge < -0.3 is 4.90 Å². The number of amides is 1. The van der Waals surface area contributed by atoms with Crippen molar-refractivity contribution in [3.05, 3.63) is 34.9 Å². The normalized spacial score (nSPS) is 20.9. The fourth-order valence-corrected chi connectivity index (χ4v) is 2.75. The van der Waals surface area contributed by atoms with Crippen molar-refractivity contribution in [3.63, 3.8) is 0 Å². The highest BCUT2D eigenvalue weighted by Gasteiger charge is 2.31. The molecule has 104 valence electrons. The van der Waals surface area contributed by atoms with Gasteiger partial charge in [-0.15, -0.1) is 0 Å². The molecule has 2 atom stereocenters. The highest BCUT2D eigenvalue weighted by atomic mass is 35.5. The van der Waals surface area contributed by atoms with Gasteiger partial charge in [0.25, 0.3) is 0 Å². The molecule has 0 spiro atoms. The van der Waals surface area contributed by atoms with E-state index in [0.717, 1.165) is 18.5 Å². The minimum Gasteiger partial charge on any atom is -0.322 e. The molecule has 5 heteroatoms. The van der Waals surface area contributed by atoms with Crippen LogP contribution >= 0.6 is 23.4 Å². The maximum absolute atomic E-state index is 12.0. The Morgan fingerprint density at radius 1 is 1.58 bits per heavy atom. The first-order chi connectivity index (χ1) is 9.11. The van der Waals surface area contributed by atoms with Gasteiger partial charge in [0.2, 0.25) is 5.91 Å². The van der Waals surface area contributed by atoms with Gasteiger partial charge in [0.05, 0.1) is 6.54 Å². The van der Waals surface area contributed by atoms with Crippen LogP contribution in [-0.4, -0.2) is 35.4 Å². The topological polar surface area (TPSA) is 32.3 Å². The lowest BCUT2D eigenvalue weighted by Gasteiger charge is -2.25. The highest BCUT2D eigenvalue weighted by molar-refractivity contribution is 7.99. The molecule has 1 N–H and O–H groups in total. The van der Waals surface area contributed by atoms with Gasteiger partial charge in [-0.1, -0.05) is 30.7 Å². The molecule has 1 heterocycles. The summed E-state index contributed by atoms with van der Waals surface area (Å²) in [6.45, 7) is 3.38. The Bertz CT molecular complexity index is 455. The number of thioether (sulfide) groups is 1. The predicted molar refractivity (Wildman–Crippen MR) is 81.5 cm³/mol. The summed E-state index contributed by atoms with van der Waals surface area (Å²) in [6.07, 6.45) is 3.06. The van der Waals surface area contributed by atoms with Crippen LogP contribution in [0.3, 0.4) is 0 Å². The summed E-state index contributed by atoms with van der Waals surface area (Å²) in [5.41, 5.74) is 1.05. The van der Waals surface area contributed by atoms with Gasteiger partial charge in [-0.05, 0) is 30.4 Å². The monoisotopic (exact) mass is 298 g/mol. The van der Waals surface area contributed by atoms with Crippen LogP contribution in [-0.2, 0) is 4.79 Å². The average Bonchev–Trinajstić information content (AvgIpc) is 2.77. The van der Waals surface area contributed by atoms with Gasteiger partial charge in [0.15, 0.2) is 0 Å². The molecule has 1 aliphatic heterocycles. The van der Waals surface area contributed by atoms with Crippen LogP contribution in [0.25, 0.3) is 0 Å². The molecule has 2 rings (SSSR count). The molecule has 1 fully saturated rings. The predicted octanol–water partition coefficient (Wildman–Crippen LogP) is 2.91. The van der Waals surface area contributed by atoms with E-state index in [-0.39, 0.29) is 12.1 Å². The number of rotatable bonds is 5. The van der Waals surface area contributed by atoms with E-state index in [9.17, 15) is 4.79 Å². The van der Waals surface area contributed by atoms with Crippen LogP contribution < -0.4 is 5.32 Å². The molecule has 1 aromatic rings. The average molecular weight is 299 g/mol. The van der Waals surface area contributed by atoms with Crippen molar-refractivity contribution in [1.29, 1.82) is 0 Å². The molecule has 0 aromatic heterocycles. The first kappa shape index (κ1) is 14.7. The van der Waals surface area contributed by atoms with E-state index < -0.39 is 0 Å². The van der Waals surface area contributed by atoms with Crippen LogP contribution in [0.1, 0.15) is 25.1 Å². The Morgan fingerprint density at radius 2 is 2.37 bits per heavy atom. The number of carbonyl (C=O) groups excluding carboxylic acids is 1. The molecule has 2 unspecified atom stereocenters. The fraction of sp³-hybridized carbons (Fsp3) is 0.500. The summed E-state index contributed by atoms with van der Waals surface area (Å²) in [5.74, 6) is 0.165. The molecular formula is C14H19ClN2OS. The van der Waals surface area contributed by atoms with E-state index in [4.69, 9.17) is 11.6 Å². The van der Waals surface area contributed by atoms with Crippen LogP contribution in [0.5, 0.6) is 0 Å². The molecule has 0 saturated carbocycles. The number of hydrogen-bond acceptors (Lipinski definition) is 3. The SMILES string of the molecule is CSC(C)CCN1C(=O)CNC1c1cccc(Cl)c1. The summed E-state index contributed by atoms with van der Waals surface area (Å²) >= 11 is 7.85. The van der Waals surface area contributed by atoms with E-state index in [1.165, 1.54) is 0 Å². The van der Waals surface area contributed by atoms with Crippen LogP contribution in [0, 0.1) is 0 Å². The molecule has 1 saturated heterocycles. The molecule has 1 aromatic carbocycles. The molecular weight excluding hydrogens is 280 g/mol. The number of benzene rings is 1. The number of halogens is 1. The molecule has 0 radical (unpaired) electrons. The Balaban J connectivity index is 2.08. The second-order valence-electron chi connectivity index (χ2n) is 4.76. The number of hydrogen-bond donors (Lipinski definition) is 1. The maximum atomic E-state index is 12.0. The Kier molecular flexibility index (Phi) is 5.13. The van der Waals surface area contributed by atoms with Crippen LogP contribution in [0.2, 0.25) is 5.02 Å². The second kappa shape index (κ2) is 6.64. The minimum atomic E-state index is -0.0414. The molecule has 0 bridgehead atoms. The molecule has 0 aliphatic carbocycles. The van der Waals surface area contributed by atoms with Gasteiger partial charge in [0, 0.05) is 16.8 Å². The summed E-state index contributed by atoms with van der Waals surface area (Å²) in [6, 6.07) is 7.70. The largest absolute Gasteiger partial charge is 0.322 e. The van der Waals surface area contributed by atoms with E-state index in [0.29, 0.717) is 16.8 Å². The standard InChI is InChI=1S/C14H19ClN2OS/c1-10(19-2)6-7-17-13(18)9-16-14(17)11-4-3-5-12(15)8-11/h3-5,8,10,14,16H,6-7,9H2,1-2H3. The third kappa shape index (κ3) is 3.65. The van der Waals surface area contributed by atoms with Gasteiger partial charge >= 0.3 is 0 Å². The summed E-state index contributed by atoms with van der Waals surface area (Å²) in [5, 5.41) is 4.52. The van der Waals surface area contributed by atoms with Crippen molar-refractivity contribution in [2.24, 2.45) is 0 Å². The van der Waals surface area contributed by atoms with E-state index in [2.05, 4.69) is 18.5 Å². The van der Waals surface area contributed by atoms with Gasteiger partial charge in [0.1, 0.15) is 6.17 Å². The van der Waals surface area contributed by atoms with Gasteiger partial charge in [-0.25, -0.2) is 0 Å². The lowest BCUT2D eigenvalue weighted by molar-refractivity contribution is -0.128. The van der Waals surface area contributed by atoms with Crippen LogP contribution in [0.4, 0.5) is 0 Å². The third-order valence-electron chi connectivity index (χ3n) is 3.42. The lowest BCUT2D eigenvalue weighted by Crippen LogP contribution is -2.32. The Morgan fingerprint density at radius 3 is 3.05 bits per heavy atom. The summed E-state index contributed by atoms with van der Waals surface area (Å²) in [4.78, 5) is 13.9. The molecule has 1 aliphatic rings. The zero-order chi connectivity index (χ0) is 13.8. The number of carbonyl (C=O) groups is 1. The molecule has 19 heavy (non-hydrogen) atoms. The first-order valence-corrected chi connectivity index (χ1v) is 8.09. The van der Waals surface area contributed by atoms with Crippen molar-refractivity contribution in [2.45, 2.75) is 24.8 Å². The van der Waals surface area contributed by atoms with Crippen molar-refractivity contribution >= 4 is 29.3 Å². The zero-order valence-corrected chi connectivity index (χ0v) is 12.8. The first-order valence-electron chi connectivity index (χ1n) is 6.43. The quantitative estimate of drug-likeness (QED) is 0.907. The van der Waals surface area contributed by atoms with E-state index >= 15 is 0 Å². The summed E-state index contributed by atoms with van der Waals surface area (Å²) in [7, 11) is 0. The van der Waals surface area contributed by atoms with Crippen molar-refractivity contribution in [1.82, 2.24) is 10.2 Å². The fourth-order valence-electron chi connectivity index (χ4n) is 2.21. The van der Waals surface area contributed by atoms with E-state index in [1.54, 1.807) is 0 Å². The maximum Gasteiger partial charge on any atom is 0.238 e. The third-order valence-corrected chi connectivity index (χ3v) is 4.70. The summed E-state index contributed by atoms with van der Waals surface area (Å²) < 4.78 is 0.